The van der Waals surface area contributed by atoms with Crippen LogP contribution in [0.5, 0.6) is 0 Å². The Kier molecular flexibility index (Phi) is 8.93. The molecule has 0 unspecified atom stereocenters. The largest absolute Gasteiger partial charge is 0.480 e. The normalized spacial score (nSPS) is 19.2. The zero-order valence-corrected chi connectivity index (χ0v) is 22.1. The zero-order valence-electron chi connectivity index (χ0n) is 22.1. The van der Waals surface area contributed by atoms with E-state index in [2.05, 4.69) is 16.9 Å². The van der Waals surface area contributed by atoms with Gasteiger partial charge in [0.15, 0.2) is 5.72 Å². The second kappa shape index (κ2) is 12.4. The van der Waals surface area contributed by atoms with E-state index < -0.39 is 48.0 Å². The fraction of sp³-hybridized carbons (Fsp3) is 0.321. The second-order valence-corrected chi connectivity index (χ2v) is 9.68. The molecule has 2 aromatic carbocycles. The van der Waals surface area contributed by atoms with Crippen LogP contribution in [0, 0.1) is 0 Å². The van der Waals surface area contributed by atoms with Crippen LogP contribution < -0.4 is 16.8 Å². The summed E-state index contributed by atoms with van der Waals surface area (Å²) in [5, 5.41) is 34.5. The van der Waals surface area contributed by atoms with Gasteiger partial charge in [-0.2, -0.15) is 4.98 Å². The highest BCUT2D eigenvalue weighted by Gasteiger charge is 2.46. The molecule has 1 aromatic heterocycles. The molecule has 1 saturated heterocycles. The third-order valence-corrected chi connectivity index (χ3v) is 7.05. The van der Waals surface area contributed by atoms with Crippen LogP contribution >= 0.6 is 0 Å². The highest BCUT2D eigenvalue weighted by molar-refractivity contribution is 5.90. The molecule has 1 aliphatic heterocycles. The van der Waals surface area contributed by atoms with Gasteiger partial charge in [0.2, 0.25) is 11.8 Å². The predicted molar refractivity (Wildman–Crippen MR) is 147 cm³/mol. The van der Waals surface area contributed by atoms with Crippen LogP contribution in [-0.2, 0) is 31.3 Å². The van der Waals surface area contributed by atoms with Crippen LogP contribution in [0.15, 0.2) is 71.7 Å². The molecule has 13 heteroatoms. The standard InChI is InChI=1S/C28H31N5O8/c1-17-22(35)15-41-28(17,16-34)32-13-12-23(31-27(32)40)30-24(36)10-9-21(26(38)39)33(29)25(37)11-7-18-6-8-19-4-2-3-5-20(19)14-18/h2-6,8,12-14,21-22,34-35H,1,7,9-11,15-16,29H2,(H,38,39)(H,30,31,36,40)/t21-,22+,28+/m1/s1. The number of hydrogen-bond donors (Lipinski definition) is 5. The molecule has 0 aliphatic carbocycles. The van der Waals surface area contributed by atoms with Crippen molar-refractivity contribution in [2.45, 2.75) is 43.6 Å². The lowest BCUT2D eigenvalue weighted by Crippen LogP contribution is -2.50. The van der Waals surface area contributed by atoms with E-state index in [4.69, 9.17) is 10.6 Å². The van der Waals surface area contributed by atoms with E-state index in [0.29, 0.717) is 11.4 Å². The van der Waals surface area contributed by atoms with E-state index >= 15 is 0 Å². The maximum absolute atomic E-state index is 12.7. The number of hydrogen-bond acceptors (Lipinski definition) is 9. The van der Waals surface area contributed by atoms with Gasteiger partial charge < -0.3 is 25.4 Å². The Morgan fingerprint density at radius 1 is 1.20 bits per heavy atom. The minimum atomic E-state index is -1.69. The van der Waals surface area contributed by atoms with Gasteiger partial charge in [-0.15, -0.1) is 0 Å². The topological polar surface area (TPSA) is 197 Å². The maximum Gasteiger partial charge on any atom is 0.352 e. The lowest BCUT2D eigenvalue weighted by Gasteiger charge is -2.29. The lowest BCUT2D eigenvalue weighted by atomic mass is 10.0. The number of nitrogens with zero attached hydrogens (tertiary/aromatic N) is 3. The summed E-state index contributed by atoms with van der Waals surface area (Å²) < 4.78 is 6.38. The van der Waals surface area contributed by atoms with E-state index in [0.717, 1.165) is 20.9 Å². The Bertz CT molecular complexity index is 1540. The fourth-order valence-corrected chi connectivity index (χ4v) is 4.67. The first-order valence-electron chi connectivity index (χ1n) is 12.8. The van der Waals surface area contributed by atoms with Crippen molar-refractivity contribution in [1.29, 1.82) is 0 Å². The molecule has 1 fully saturated rings. The van der Waals surface area contributed by atoms with Crippen LogP contribution in [0.4, 0.5) is 5.82 Å². The summed E-state index contributed by atoms with van der Waals surface area (Å²) >= 11 is 0. The molecule has 3 atom stereocenters. The molecule has 0 bridgehead atoms. The molecule has 13 nitrogen and oxygen atoms in total. The van der Waals surface area contributed by atoms with Crippen LogP contribution in [0.3, 0.4) is 0 Å². The van der Waals surface area contributed by atoms with Crippen molar-refractivity contribution in [2.75, 3.05) is 18.5 Å². The number of aryl methyl sites for hydroxylation is 1. The van der Waals surface area contributed by atoms with Gasteiger partial charge in [-0.3, -0.25) is 19.2 Å². The molecular weight excluding hydrogens is 534 g/mol. The van der Waals surface area contributed by atoms with Gasteiger partial charge in [0.1, 0.15) is 18.0 Å². The molecule has 3 aromatic rings. The number of fused-ring (bicyclic) bond motifs is 1. The average Bonchev–Trinajstić information content (AvgIpc) is 3.25. The molecule has 0 saturated carbocycles. The number of amides is 2. The molecule has 1 aliphatic rings. The van der Waals surface area contributed by atoms with Gasteiger partial charge in [-0.05, 0) is 35.2 Å². The van der Waals surface area contributed by atoms with Crippen molar-refractivity contribution in [3.63, 3.8) is 0 Å². The summed E-state index contributed by atoms with van der Waals surface area (Å²) in [6.07, 6.45) is -0.136. The summed E-state index contributed by atoms with van der Waals surface area (Å²) in [4.78, 5) is 53.4. The zero-order chi connectivity index (χ0) is 29.7. The van der Waals surface area contributed by atoms with Crippen molar-refractivity contribution in [3.05, 3.63) is 82.9 Å². The van der Waals surface area contributed by atoms with Crippen molar-refractivity contribution < 1.29 is 34.4 Å². The van der Waals surface area contributed by atoms with Crippen LogP contribution in [0.1, 0.15) is 24.8 Å². The summed E-state index contributed by atoms with van der Waals surface area (Å²) in [6, 6.07) is 13.4. The number of aliphatic hydroxyl groups excluding tert-OH is 2. The number of carboxylic acid groups (broad SMARTS) is 1. The molecule has 6 N–H and O–H groups in total. The summed E-state index contributed by atoms with van der Waals surface area (Å²) in [6.45, 7) is 2.84. The number of ether oxygens (including phenoxy) is 1. The number of benzene rings is 2. The molecule has 216 valence electrons. The smallest absolute Gasteiger partial charge is 0.352 e. The first kappa shape index (κ1) is 29.6. The minimum Gasteiger partial charge on any atom is -0.480 e. The summed E-state index contributed by atoms with van der Waals surface area (Å²) in [5.41, 5.74) is -1.60. The van der Waals surface area contributed by atoms with Gasteiger partial charge in [0, 0.05) is 24.6 Å². The molecule has 0 spiro atoms. The lowest BCUT2D eigenvalue weighted by molar-refractivity contribution is -0.151. The number of aliphatic carboxylic acids is 1. The number of rotatable bonds is 11. The van der Waals surface area contributed by atoms with Crippen LogP contribution in [0.2, 0.25) is 0 Å². The van der Waals surface area contributed by atoms with Gasteiger partial charge in [0.25, 0.3) is 0 Å². The Morgan fingerprint density at radius 3 is 2.56 bits per heavy atom. The third kappa shape index (κ3) is 6.33. The van der Waals surface area contributed by atoms with Crippen molar-refractivity contribution in [3.8, 4) is 0 Å². The van der Waals surface area contributed by atoms with Crippen molar-refractivity contribution >= 4 is 34.4 Å². The van der Waals surface area contributed by atoms with Crippen molar-refractivity contribution in [1.82, 2.24) is 14.6 Å². The number of aliphatic hydroxyl groups is 2. The monoisotopic (exact) mass is 565 g/mol. The Hall–Kier alpha value is -4.43. The Balaban J connectivity index is 1.33. The molecule has 0 radical (unpaired) electrons. The van der Waals surface area contributed by atoms with E-state index in [1.54, 1.807) is 0 Å². The summed E-state index contributed by atoms with van der Waals surface area (Å²) in [5.74, 6) is 3.11. The number of aromatic nitrogens is 2. The van der Waals surface area contributed by atoms with Gasteiger partial charge in [0.05, 0.1) is 13.2 Å². The number of carboxylic acids is 1. The minimum absolute atomic E-state index is 0.0203. The van der Waals surface area contributed by atoms with Crippen LogP contribution in [0.25, 0.3) is 10.8 Å². The van der Waals surface area contributed by atoms with Crippen molar-refractivity contribution in [2.24, 2.45) is 5.84 Å². The third-order valence-electron chi connectivity index (χ3n) is 7.05. The average molecular weight is 566 g/mol. The summed E-state index contributed by atoms with van der Waals surface area (Å²) in [7, 11) is 0. The molecule has 2 heterocycles. The maximum atomic E-state index is 12.7. The number of nitrogens with one attached hydrogen (secondary N) is 1. The van der Waals surface area contributed by atoms with E-state index in [1.165, 1.54) is 12.3 Å². The molecular formula is C28H31N5O8. The second-order valence-electron chi connectivity index (χ2n) is 9.68. The van der Waals surface area contributed by atoms with E-state index in [9.17, 15) is 34.5 Å². The number of nitrogens with two attached hydrogens (primary N) is 1. The van der Waals surface area contributed by atoms with E-state index in [-0.39, 0.29) is 37.3 Å². The molecule has 41 heavy (non-hydrogen) atoms. The fourth-order valence-electron chi connectivity index (χ4n) is 4.67. The van der Waals surface area contributed by atoms with E-state index in [1.807, 2.05) is 42.5 Å². The predicted octanol–water partition coefficient (Wildman–Crippen LogP) is 0.496. The van der Waals surface area contributed by atoms with Crippen LogP contribution in [-0.4, -0.2) is 73.0 Å². The SMILES string of the molecule is C=C1[C@@H](O)CO[C@]1(CO)n1ccc(NC(=O)CC[C@H](C(=O)O)N(N)C(=O)CCc2ccc3ccccc3c2)nc1=O. The first-order chi connectivity index (χ1) is 19.6. The molecule has 4 rings (SSSR count). The highest BCUT2D eigenvalue weighted by Crippen LogP contribution is 2.34. The number of anilines is 1. The Morgan fingerprint density at radius 2 is 1.93 bits per heavy atom. The van der Waals surface area contributed by atoms with Gasteiger partial charge in [-0.25, -0.2) is 15.4 Å². The molecule has 2 amide bonds. The number of hydrazine groups is 1. The first-order valence-corrected chi connectivity index (χ1v) is 12.8. The van der Waals surface area contributed by atoms with Gasteiger partial charge in [-0.1, -0.05) is 49.0 Å². The highest BCUT2D eigenvalue weighted by atomic mass is 16.5. The van der Waals surface area contributed by atoms with Gasteiger partial charge >= 0.3 is 11.7 Å². The quantitative estimate of drug-likeness (QED) is 0.0944. The Labute approximate surface area is 234 Å². The number of carbonyl (C=O) groups is 3. The number of carbonyl (C=O) groups excluding carboxylic acids is 2.